The van der Waals surface area contributed by atoms with Crippen LogP contribution in [0.1, 0.15) is 42.2 Å². The molecule has 1 aliphatic heterocycles. The van der Waals surface area contributed by atoms with E-state index in [4.69, 9.17) is 0 Å². The number of rotatable bonds is 2. The number of aliphatic hydroxyl groups is 1. The van der Waals surface area contributed by atoms with E-state index < -0.39 is 41.3 Å². The second kappa shape index (κ2) is 9.02. The first kappa shape index (κ1) is 24.7. The first-order valence-corrected chi connectivity index (χ1v) is 8.08. The molecule has 0 saturated carbocycles. The van der Waals surface area contributed by atoms with E-state index in [1.165, 1.54) is 6.07 Å². The molecule has 1 fully saturated rings. The number of hydrogen-bond acceptors (Lipinski definition) is 3. The highest BCUT2D eigenvalue weighted by atomic mass is 35.5. The summed E-state index contributed by atoms with van der Waals surface area (Å²) in [7, 11) is 0. The van der Waals surface area contributed by atoms with Gasteiger partial charge in [0, 0.05) is 11.4 Å². The van der Waals surface area contributed by atoms with Crippen molar-refractivity contribution in [2.75, 3.05) is 6.54 Å². The molecule has 158 valence electrons. The van der Waals surface area contributed by atoms with Crippen LogP contribution < -0.4 is 5.32 Å². The molecule has 0 amide bonds. The minimum atomic E-state index is -4.93. The van der Waals surface area contributed by atoms with E-state index in [2.05, 4.69) is 10.3 Å². The summed E-state index contributed by atoms with van der Waals surface area (Å²) < 4.78 is 79.3. The fourth-order valence-electron chi connectivity index (χ4n) is 3.26. The average molecular weight is 451 g/mol. The predicted octanol–water partition coefficient (Wildman–Crippen LogP) is 5.29. The maximum atomic E-state index is 13.2. The Balaban J connectivity index is 0.00000196. The van der Waals surface area contributed by atoms with Gasteiger partial charge in [-0.15, -0.1) is 24.8 Å². The summed E-state index contributed by atoms with van der Waals surface area (Å²) in [5, 5.41) is 13.5. The van der Waals surface area contributed by atoms with Crippen LogP contribution in [0.2, 0.25) is 0 Å². The highest BCUT2D eigenvalue weighted by Crippen LogP contribution is 2.39. The maximum Gasteiger partial charge on any atom is 0.433 e. The number of benzene rings is 1. The predicted molar refractivity (Wildman–Crippen MR) is 96.8 cm³/mol. The third-order valence-electron chi connectivity index (χ3n) is 4.52. The highest BCUT2D eigenvalue weighted by Gasteiger charge is 2.38. The number of hydrogen-bond donors (Lipinski definition) is 2. The lowest BCUT2D eigenvalue weighted by atomic mass is 9.91. The minimum Gasteiger partial charge on any atom is -0.387 e. The molecule has 3 nitrogen and oxygen atoms in total. The van der Waals surface area contributed by atoms with E-state index >= 15 is 0 Å². The lowest BCUT2D eigenvalue weighted by Crippen LogP contribution is -2.39. The van der Waals surface area contributed by atoms with E-state index in [0.717, 1.165) is 18.9 Å². The fraction of sp³-hybridized carbons (Fsp3) is 0.471. The molecule has 2 aromatic rings. The van der Waals surface area contributed by atoms with Crippen molar-refractivity contribution in [3.8, 4) is 0 Å². The van der Waals surface area contributed by atoms with E-state index in [-0.39, 0.29) is 35.8 Å². The summed E-state index contributed by atoms with van der Waals surface area (Å²) >= 11 is 0. The summed E-state index contributed by atoms with van der Waals surface area (Å²) in [5.41, 5.74) is -3.72. The molecule has 0 radical (unpaired) electrons. The number of piperidine rings is 1. The Hall–Kier alpha value is -1.29. The first-order valence-electron chi connectivity index (χ1n) is 8.08. The maximum absolute atomic E-state index is 13.2. The third kappa shape index (κ3) is 5.00. The van der Waals surface area contributed by atoms with Crippen LogP contribution in [-0.2, 0) is 12.4 Å². The topological polar surface area (TPSA) is 45.2 Å². The molecule has 28 heavy (non-hydrogen) atoms. The Morgan fingerprint density at radius 2 is 1.71 bits per heavy atom. The van der Waals surface area contributed by atoms with Gasteiger partial charge in [-0.25, -0.2) is 4.98 Å². The summed E-state index contributed by atoms with van der Waals surface area (Å²) in [5.74, 6) is 0. The third-order valence-corrected chi connectivity index (χ3v) is 4.52. The van der Waals surface area contributed by atoms with Gasteiger partial charge in [0.05, 0.1) is 17.2 Å². The van der Waals surface area contributed by atoms with Crippen LogP contribution in [0, 0.1) is 0 Å². The average Bonchev–Trinajstić information content (AvgIpc) is 2.58. The highest BCUT2D eigenvalue weighted by molar-refractivity contribution is 5.86. The molecular weight excluding hydrogens is 433 g/mol. The first-order chi connectivity index (χ1) is 12.1. The molecule has 2 unspecified atom stereocenters. The molecule has 0 aliphatic carbocycles. The summed E-state index contributed by atoms with van der Waals surface area (Å²) in [6, 6.07) is 3.16. The number of halogens is 8. The van der Waals surface area contributed by atoms with Crippen LogP contribution in [0.15, 0.2) is 24.3 Å². The zero-order chi connectivity index (χ0) is 19.1. The number of nitrogens with zero attached hydrogens (tertiary/aromatic N) is 1. The molecule has 2 N–H and O–H groups in total. The Kier molecular flexibility index (Phi) is 7.98. The number of alkyl halides is 6. The quantitative estimate of drug-likeness (QED) is 0.610. The zero-order valence-corrected chi connectivity index (χ0v) is 15.9. The minimum absolute atomic E-state index is 0. The van der Waals surface area contributed by atoms with Gasteiger partial charge in [-0.3, -0.25) is 0 Å². The molecule has 3 rings (SSSR count). The molecule has 1 aromatic heterocycles. The van der Waals surface area contributed by atoms with E-state index in [1.54, 1.807) is 0 Å². The van der Waals surface area contributed by atoms with Crippen LogP contribution in [0.25, 0.3) is 10.9 Å². The lowest BCUT2D eigenvalue weighted by Gasteiger charge is -2.29. The summed E-state index contributed by atoms with van der Waals surface area (Å²) in [4.78, 5) is 3.22. The Bertz CT molecular complexity index is 807. The largest absolute Gasteiger partial charge is 0.433 e. The normalized spacial score (nSPS) is 18.9. The van der Waals surface area contributed by atoms with Gasteiger partial charge in [-0.1, -0.05) is 18.6 Å². The zero-order valence-electron chi connectivity index (χ0n) is 14.3. The van der Waals surface area contributed by atoms with Gasteiger partial charge in [-0.05, 0) is 37.1 Å². The Morgan fingerprint density at radius 3 is 2.25 bits per heavy atom. The Labute approximate surface area is 169 Å². The second-order valence-corrected chi connectivity index (χ2v) is 6.30. The molecule has 2 atom stereocenters. The number of nitrogens with one attached hydrogen (secondary N) is 1. The molecule has 1 saturated heterocycles. The second-order valence-electron chi connectivity index (χ2n) is 6.30. The van der Waals surface area contributed by atoms with Gasteiger partial charge in [0.1, 0.15) is 5.69 Å². The van der Waals surface area contributed by atoms with Gasteiger partial charge >= 0.3 is 12.4 Å². The summed E-state index contributed by atoms with van der Waals surface area (Å²) in [6.45, 7) is 0.588. The summed E-state index contributed by atoms with van der Waals surface area (Å²) in [6.07, 6.45) is -9.00. The smallest absolute Gasteiger partial charge is 0.387 e. The van der Waals surface area contributed by atoms with Crippen LogP contribution in [0.3, 0.4) is 0 Å². The standard InChI is InChI=1S/C17H16F6N2O.2ClH/c18-16(19,20)11-5-3-4-9-10(15(26)12-6-1-2-7-24-12)8-13(17(21,22)23)25-14(9)11;;/h3-5,8,12,15,24,26H,1-2,6-7H2;2*1H. The SMILES string of the molecule is Cl.Cl.OC(c1cc(C(F)(F)F)nc2c(C(F)(F)F)cccc12)C1CCCCN1. The molecule has 0 spiro atoms. The number of aliphatic hydroxyl groups excluding tert-OH is 1. The molecule has 11 heteroatoms. The molecule has 0 bridgehead atoms. The Morgan fingerprint density at radius 1 is 1.04 bits per heavy atom. The molecular formula is C17H18Cl2F6N2O. The van der Waals surface area contributed by atoms with E-state index in [9.17, 15) is 31.4 Å². The molecule has 1 aliphatic rings. The van der Waals surface area contributed by atoms with Crippen molar-refractivity contribution in [1.29, 1.82) is 0 Å². The van der Waals surface area contributed by atoms with Crippen molar-refractivity contribution in [2.45, 2.75) is 43.8 Å². The molecule has 2 heterocycles. The molecule has 1 aromatic carbocycles. The van der Waals surface area contributed by atoms with Crippen molar-refractivity contribution in [3.63, 3.8) is 0 Å². The number of pyridine rings is 1. The van der Waals surface area contributed by atoms with Crippen LogP contribution in [-0.4, -0.2) is 22.7 Å². The van der Waals surface area contributed by atoms with Gasteiger partial charge in [0.25, 0.3) is 0 Å². The van der Waals surface area contributed by atoms with Crippen molar-refractivity contribution in [1.82, 2.24) is 10.3 Å². The number of aromatic nitrogens is 1. The van der Waals surface area contributed by atoms with E-state index in [1.807, 2.05) is 0 Å². The van der Waals surface area contributed by atoms with Gasteiger partial charge in [0.15, 0.2) is 0 Å². The van der Waals surface area contributed by atoms with Gasteiger partial charge in [0.2, 0.25) is 0 Å². The number of para-hydroxylation sites is 1. The van der Waals surface area contributed by atoms with Crippen molar-refractivity contribution in [2.24, 2.45) is 0 Å². The van der Waals surface area contributed by atoms with Crippen molar-refractivity contribution >= 4 is 35.7 Å². The van der Waals surface area contributed by atoms with Crippen molar-refractivity contribution in [3.05, 3.63) is 41.1 Å². The number of fused-ring (bicyclic) bond motifs is 1. The van der Waals surface area contributed by atoms with Crippen LogP contribution in [0.5, 0.6) is 0 Å². The fourth-order valence-corrected chi connectivity index (χ4v) is 3.26. The lowest BCUT2D eigenvalue weighted by molar-refractivity contribution is -0.142. The van der Waals surface area contributed by atoms with Crippen LogP contribution in [0.4, 0.5) is 26.3 Å². The van der Waals surface area contributed by atoms with Gasteiger partial charge in [-0.2, -0.15) is 26.3 Å². The van der Waals surface area contributed by atoms with Crippen molar-refractivity contribution < 1.29 is 31.4 Å². The van der Waals surface area contributed by atoms with Crippen LogP contribution >= 0.6 is 24.8 Å². The monoisotopic (exact) mass is 450 g/mol. The van der Waals surface area contributed by atoms with Gasteiger partial charge < -0.3 is 10.4 Å². The van der Waals surface area contributed by atoms with E-state index in [0.29, 0.717) is 25.1 Å².